The van der Waals surface area contributed by atoms with E-state index in [-0.39, 0.29) is 0 Å². The van der Waals surface area contributed by atoms with Crippen molar-refractivity contribution in [2.75, 3.05) is 19.5 Å². The molecule has 0 fully saturated rings. The summed E-state index contributed by atoms with van der Waals surface area (Å²) in [7, 11) is 3.18. The van der Waals surface area contributed by atoms with Crippen LogP contribution in [0.25, 0.3) is 0 Å². The number of hydrogen-bond acceptors (Lipinski definition) is 4. The number of halogens is 1. The van der Waals surface area contributed by atoms with E-state index in [0.717, 1.165) is 15.7 Å². The van der Waals surface area contributed by atoms with Crippen LogP contribution in [0, 0.1) is 0 Å². The molecule has 0 saturated heterocycles. The Morgan fingerprint density at radius 2 is 1.78 bits per heavy atom. The Morgan fingerprint density at radius 3 is 2.43 bits per heavy atom. The summed E-state index contributed by atoms with van der Waals surface area (Å²) in [6.07, 6.45) is 1.64. The summed E-state index contributed by atoms with van der Waals surface area (Å²) in [5.41, 5.74) is 4.50. The molecule has 0 heterocycles. The molecule has 2 aromatic carbocycles. The number of hydrazone groups is 1. The number of hydrogen-bond donors (Lipinski definition) is 2. The second kappa shape index (κ2) is 8.50. The molecule has 0 radical (unpaired) electrons. The minimum atomic E-state index is 0.407. The zero-order chi connectivity index (χ0) is 16.7. The second-order valence-electron chi connectivity index (χ2n) is 4.42. The Balaban J connectivity index is 2.01. The van der Waals surface area contributed by atoms with Crippen molar-refractivity contribution in [3.05, 3.63) is 52.5 Å². The molecule has 120 valence electrons. The van der Waals surface area contributed by atoms with Gasteiger partial charge in [-0.15, -0.1) is 0 Å². The van der Waals surface area contributed by atoms with Crippen LogP contribution in [-0.4, -0.2) is 25.5 Å². The number of thiocarbonyl (C=S) groups is 1. The van der Waals surface area contributed by atoms with Gasteiger partial charge >= 0.3 is 0 Å². The van der Waals surface area contributed by atoms with E-state index in [0.29, 0.717) is 16.6 Å². The summed E-state index contributed by atoms with van der Waals surface area (Å²) in [6.45, 7) is 0. The molecule has 0 aromatic heterocycles. The van der Waals surface area contributed by atoms with Gasteiger partial charge < -0.3 is 14.8 Å². The lowest BCUT2D eigenvalue weighted by atomic mass is 10.2. The van der Waals surface area contributed by atoms with Gasteiger partial charge in [-0.1, -0.05) is 18.2 Å². The maximum absolute atomic E-state index is 5.27. The highest BCUT2D eigenvalue weighted by molar-refractivity contribution is 9.10. The highest BCUT2D eigenvalue weighted by Gasteiger charge is 2.08. The van der Waals surface area contributed by atoms with Crippen LogP contribution in [0.4, 0.5) is 5.69 Å². The first kappa shape index (κ1) is 17.2. The Kier molecular flexibility index (Phi) is 6.37. The molecule has 0 amide bonds. The van der Waals surface area contributed by atoms with Gasteiger partial charge in [0.2, 0.25) is 0 Å². The summed E-state index contributed by atoms with van der Waals surface area (Å²) in [4.78, 5) is 0. The number of para-hydroxylation sites is 1. The maximum Gasteiger partial charge on any atom is 0.191 e. The van der Waals surface area contributed by atoms with E-state index in [4.69, 9.17) is 21.7 Å². The Hall–Kier alpha value is -2.12. The molecule has 5 nitrogen and oxygen atoms in total. The van der Waals surface area contributed by atoms with Crippen LogP contribution in [0.1, 0.15) is 5.56 Å². The molecule has 0 bridgehead atoms. The van der Waals surface area contributed by atoms with Crippen LogP contribution in [0.15, 0.2) is 52.0 Å². The van der Waals surface area contributed by atoms with Crippen LogP contribution < -0.4 is 20.2 Å². The lowest BCUT2D eigenvalue weighted by Gasteiger charge is -2.10. The van der Waals surface area contributed by atoms with Gasteiger partial charge in [0.1, 0.15) is 0 Å². The lowest BCUT2D eigenvalue weighted by molar-refractivity contribution is 0.354. The van der Waals surface area contributed by atoms with E-state index in [2.05, 4.69) is 31.8 Å². The van der Waals surface area contributed by atoms with E-state index in [1.807, 2.05) is 42.5 Å². The largest absolute Gasteiger partial charge is 0.493 e. The Bertz CT molecular complexity index is 708. The number of benzene rings is 2. The second-order valence-corrected chi connectivity index (χ2v) is 5.68. The van der Waals surface area contributed by atoms with E-state index in [1.54, 1.807) is 20.4 Å². The smallest absolute Gasteiger partial charge is 0.191 e. The fraction of sp³-hybridized carbons (Fsp3) is 0.125. The molecule has 7 heteroatoms. The van der Waals surface area contributed by atoms with Crippen molar-refractivity contribution in [1.29, 1.82) is 0 Å². The predicted molar refractivity (Wildman–Crippen MR) is 101 cm³/mol. The molecule has 0 atom stereocenters. The number of methoxy groups -OCH3 is 2. The SMILES string of the molecule is COc1cc(Br)c(/C=N/NC(=S)Nc2ccccc2)cc1OC. The molecular formula is C16H16BrN3O2S. The van der Waals surface area contributed by atoms with Crippen molar-refractivity contribution in [3.63, 3.8) is 0 Å². The van der Waals surface area contributed by atoms with Gasteiger partial charge in [0.25, 0.3) is 0 Å². The Morgan fingerprint density at radius 1 is 1.13 bits per heavy atom. The van der Waals surface area contributed by atoms with E-state index >= 15 is 0 Å². The topological polar surface area (TPSA) is 54.9 Å². The van der Waals surface area contributed by atoms with Crippen LogP contribution in [-0.2, 0) is 0 Å². The summed E-state index contributed by atoms with van der Waals surface area (Å²) in [6, 6.07) is 13.3. The van der Waals surface area contributed by atoms with Crippen molar-refractivity contribution in [2.45, 2.75) is 0 Å². The molecule has 0 unspecified atom stereocenters. The van der Waals surface area contributed by atoms with Crippen molar-refractivity contribution in [3.8, 4) is 11.5 Å². The van der Waals surface area contributed by atoms with Gasteiger partial charge in [0, 0.05) is 15.7 Å². The number of rotatable bonds is 5. The highest BCUT2D eigenvalue weighted by atomic mass is 79.9. The molecule has 0 aliphatic heterocycles. The average Bonchev–Trinajstić information content (AvgIpc) is 2.56. The maximum atomic E-state index is 5.27. The lowest BCUT2D eigenvalue weighted by Crippen LogP contribution is -2.23. The average molecular weight is 394 g/mol. The van der Waals surface area contributed by atoms with Crippen LogP contribution >= 0.6 is 28.1 Å². The summed E-state index contributed by atoms with van der Waals surface area (Å²) in [5.74, 6) is 1.27. The van der Waals surface area contributed by atoms with Crippen molar-refractivity contribution in [2.24, 2.45) is 5.10 Å². The van der Waals surface area contributed by atoms with E-state index < -0.39 is 0 Å². The van der Waals surface area contributed by atoms with Gasteiger partial charge in [-0.2, -0.15) is 5.10 Å². The summed E-state index contributed by atoms with van der Waals surface area (Å²) in [5, 5.41) is 7.56. The van der Waals surface area contributed by atoms with Gasteiger partial charge in [-0.05, 0) is 52.4 Å². The van der Waals surface area contributed by atoms with Crippen LogP contribution in [0.3, 0.4) is 0 Å². The van der Waals surface area contributed by atoms with Crippen LogP contribution in [0.5, 0.6) is 11.5 Å². The van der Waals surface area contributed by atoms with Gasteiger partial charge in [-0.3, -0.25) is 5.43 Å². The fourth-order valence-corrected chi connectivity index (χ4v) is 2.41. The van der Waals surface area contributed by atoms with E-state index in [1.165, 1.54) is 0 Å². The molecule has 0 saturated carbocycles. The van der Waals surface area contributed by atoms with Crippen molar-refractivity contribution in [1.82, 2.24) is 5.43 Å². The third-order valence-electron chi connectivity index (χ3n) is 2.90. The number of nitrogens with one attached hydrogen (secondary N) is 2. The molecule has 2 N–H and O–H groups in total. The molecule has 0 aliphatic carbocycles. The Labute approximate surface area is 148 Å². The normalized spacial score (nSPS) is 10.4. The van der Waals surface area contributed by atoms with E-state index in [9.17, 15) is 0 Å². The molecular weight excluding hydrogens is 378 g/mol. The molecule has 2 rings (SSSR count). The highest BCUT2D eigenvalue weighted by Crippen LogP contribution is 2.32. The number of nitrogens with zero attached hydrogens (tertiary/aromatic N) is 1. The van der Waals surface area contributed by atoms with Crippen LogP contribution in [0.2, 0.25) is 0 Å². The number of ether oxygens (including phenoxy) is 2. The van der Waals surface area contributed by atoms with Gasteiger partial charge in [0.15, 0.2) is 16.6 Å². The third-order valence-corrected chi connectivity index (χ3v) is 3.78. The third kappa shape index (κ3) is 4.94. The first-order chi connectivity index (χ1) is 11.1. The molecule has 0 aliphatic rings. The quantitative estimate of drug-likeness (QED) is 0.459. The fourth-order valence-electron chi connectivity index (χ4n) is 1.81. The first-order valence-corrected chi connectivity index (χ1v) is 7.90. The zero-order valence-corrected chi connectivity index (χ0v) is 15.1. The standard InChI is InChI=1S/C16H16BrN3O2S/c1-21-14-8-11(13(17)9-15(14)22-2)10-18-20-16(23)19-12-6-4-3-5-7-12/h3-10H,1-2H3,(H2,19,20,23)/b18-10+. The summed E-state index contributed by atoms with van der Waals surface area (Å²) >= 11 is 8.65. The molecule has 0 spiro atoms. The first-order valence-electron chi connectivity index (χ1n) is 6.70. The van der Waals surface area contributed by atoms with Gasteiger partial charge in [0.05, 0.1) is 20.4 Å². The van der Waals surface area contributed by atoms with Crippen molar-refractivity contribution < 1.29 is 9.47 Å². The minimum absolute atomic E-state index is 0.407. The zero-order valence-electron chi connectivity index (χ0n) is 12.7. The monoisotopic (exact) mass is 393 g/mol. The predicted octanol–water partition coefficient (Wildman–Crippen LogP) is 3.79. The molecule has 23 heavy (non-hydrogen) atoms. The van der Waals surface area contributed by atoms with Gasteiger partial charge in [-0.25, -0.2) is 0 Å². The number of anilines is 1. The summed E-state index contributed by atoms with van der Waals surface area (Å²) < 4.78 is 11.3. The molecule has 2 aromatic rings. The van der Waals surface area contributed by atoms with Crippen molar-refractivity contribution >= 4 is 45.2 Å². The minimum Gasteiger partial charge on any atom is -0.493 e.